The number of furan rings is 1. The number of aromatic nitrogens is 4. The van der Waals surface area contributed by atoms with E-state index in [1.54, 1.807) is 0 Å². The first-order valence-corrected chi connectivity index (χ1v) is 9.66. The minimum Gasteiger partial charge on any atom is -0.452 e. The number of fused-ring (bicyclic) bond motifs is 4. The molecule has 0 aliphatic heterocycles. The summed E-state index contributed by atoms with van der Waals surface area (Å²) in [5.74, 6) is 0. The highest BCUT2D eigenvalue weighted by molar-refractivity contribution is 6.13. The van der Waals surface area contributed by atoms with Gasteiger partial charge >= 0.3 is 0 Å². The van der Waals surface area contributed by atoms with Crippen LogP contribution in [-0.4, -0.2) is 45.5 Å². The molecule has 0 saturated heterocycles. The molecule has 5 aromatic rings. The summed E-state index contributed by atoms with van der Waals surface area (Å²) in [6, 6.07) is 16.1. The van der Waals surface area contributed by atoms with Gasteiger partial charge in [0.15, 0.2) is 5.58 Å². The molecular weight excluding hydrogens is 364 g/mol. The Bertz CT molecular complexity index is 1300. The summed E-state index contributed by atoms with van der Waals surface area (Å²) in [6.07, 6.45) is 1.98. The predicted octanol–water partition coefficient (Wildman–Crippen LogP) is 3.90. The maximum absolute atomic E-state index is 6.18. The molecular formula is C22H22N6O. The highest BCUT2D eigenvalue weighted by Gasteiger charge is 2.16. The number of likely N-dealkylation sites (N-methyl/N-ethyl adjacent to an activating group) is 1. The summed E-state index contributed by atoms with van der Waals surface area (Å²) in [4.78, 5) is 6.98. The number of benzene rings is 2. The van der Waals surface area contributed by atoms with Crippen LogP contribution in [0.25, 0.3) is 33.0 Å². The van der Waals surface area contributed by atoms with E-state index >= 15 is 0 Å². The molecule has 0 aliphatic rings. The first-order chi connectivity index (χ1) is 14.2. The molecule has 0 bridgehead atoms. The molecule has 0 radical (unpaired) electrons. The molecule has 29 heavy (non-hydrogen) atoms. The molecule has 7 heteroatoms. The van der Waals surface area contributed by atoms with E-state index in [1.165, 1.54) is 0 Å². The van der Waals surface area contributed by atoms with Gasteiger partial charge in [0.2, 0.25) is 0 Å². The van der Waals surface area contributed by atoms with Gasteiger partial charge in [0.1, 0.15) is 16.8 Å². The highest BCUT2D eigenvalue weighted by atomic mass is 16.3. The maximum Gasteiger partial charge on any atom is 0.177 e. The van der Waals surface area contributed by atoms with Crippen molar-refractivity contribution in [2.24, 2.45) is 0 Å². The lowest BCUT2D eigenvalue weighted by molar-refractivity contribution is 0.370. The molecule has 5 rings (SSSR count). The summed E-state index contributed by atoms with van der Waals surface area (Å²) in [6.45, 7) is 2.29. The smallest absolute Gasteiger partial charge is 0.177 e. The number of hydrogen-bond donors (Lipinski definition) is 1. The van der Waals surface area contributed by atoms with Crippen molar-refractivity contribution in [2.45, 2.75) is 13.1 Å². The molecule has 0 amide bonds. The van der Waals surface area contributed by atoms with Gasteiger partial charge in [0.05, 0.1) is 30.5 Å². The van der Waals surface area contributed by atoms with Crippen molar-refractivity contribution in [3.05, 3.63) is 60.4 Å². The average molecular weight is 386 g/mol. The summed E-state index contributed by atoms with van der Waals surface area (Å²) >= 11 is 0. The van der Waals surface area contributed by atoms with Crippen LogP contribution in [0.3, 0.4) is 0 Å². The van der Waals surface area contributed by atoms with Gasteiger partial charge in [-0.1, -0.05) is 35.5 Å². The Kier molecular flexibility index (Phi) is 4.37. The second-order valence-electron chi connectivity index (χ2n) is 7.41. The SMILES string of the molecule is CN(C)CCn1cc(CNc2c3ccccc3nc3c2oc2ccccc23)nn1. The molecule has 0 atom stereocenters. The Morgan fingerprint density at radius 1 is 1.03 bits per heavy atom. The number of hydrogen-bond acceptors (Lipinski definition) is 6. The van der Waals surface area contributed by atoms with Crippen LogP contribution in [0.15, 0.2) is 59.1 Å². The first-order valence-electron chi connectivity index (χ1n) is 9.66. The van der Waals surface area contributed by atoms with Gasteiger partial charge in [-0.3, -0.25) is 4.68 Å². The van der Waals surface area contributed by atoms with Gasteiger partial charge < -0.3 is 14.6 Å². The third kappa shape index (κ3) is 3.30. The Labute approximate surface area is 167 Å². The zero-order valence-corrected chi connectivity index (χ0v) is 16.5. The number of nitrogens with one attached hydrogen (secondary N) is 1. The van der Waals surface area contributed by atoms with Crippen molar-refractivity contribution in [2.75, 3.05) is 26.0 Å². The summed E-state index contributed by atoms with van der Waals surface area (Å²) < 4.78 is 8.05. The van der Waals surface area contributed by atoms with Crippen molar-refractivity contribution >= 4 is 38.7 Å². The number of anilines is 1. The molecule has 0 saturated carbocycles. The van der Waals surface area contributed by atoms with Gasteiger partial charge in [-0.05, 0) is 32.3 Å². The van der Waals surface area contributed by atoms with E-state index < -0.39 is 0 Å². The standard InChI is InChI=1S/C22H22N6O/c1-27(2)11-12-28-14-15(25-26-28)13-23-20-16-7-3-5-9-18(16)24-21-17-8-4-6-10-19(17)29-22(20)21/h3-10,14H,11-13H2,1-2H3,(H,23,24). The zero-order valence-electron chi connectivity index (χ0n) is 16.5. The summed E-state index contributed by atoms with van der Waals surface area (Å²) in [7, 11) is 4.10. The van der Waals surface area contributed by atoms with Crippen LogP contribution in [0.5, 0.6) is 0 Å². The fraction of sp³-hybridized carbons (Fsp3) is 0.227. The second-order valence-corrected chi connectivity index (χ2v) is 7.41. The molecule has 0 fully saturated rings. The second kappa shape index (κ2) is 7.18. The van der Waals surface area contributed by atoms with E-state index in [1.807, 2.05) is 67.4 Å². The quantitative estimate of drug-likeness (QED) is 0.477. The van der Waals surface area contributed by atoms with Crippen molar-refractivity contribution < 1.29 is 4.42 Å². The highest BCUT2D eigenvalue weighted by Crippen LogP contribution is 2.36. The van der Waals surface area contributed by atoms with Crippen LogP contribution < -0.4 is 5.32 Å². The van der Waals surface area contributed by atoms with E-state index in [0.29, 0.717) is 6.54 Å². The molecule has 7 nitrogen and oxygen atoms in total. The topological polar surface area (TPSA) is 72.0 Å². The minimum absolute atomic E-state index is 0.558. The van der Waals surface area contributed by atoms with Crippen molar-refractivity contribution in [3.8, 4) is 0 Å². The molecule has 0 spiro atoms. The van der Waals surface area contributed by atoms with E-state index in [-0.39, 0.29) is 0 Å². The average Bonchev–Trinajstić information content (AvgIpc) is 3.34. The van der Waals surface area contributed by atoms with Gasteiger partial charge in [-0.15, -0.1) is 5.10 Å². The van der Waals surface area contributed by atoms with Crippen molar-refractivity contribution in [1.29, 1.82) is 0 Å². The van der Waals surface area contributed by atoms with E-state index in [4.69, 9.17) is 9.40 Å². The molecule has 146 valence electrons. The van der Waals surface area contributed by atoms with Gasteiger partial charge in [-0.2, -0.15) is 0 Å². The van der Waals surface area contributed by atoms with Crippen LogP contribution in [0.4, 0.5) is 5.69 Å². The number of pyridine rings is 1. The Hall–Kier alpha value is -3.45. The fourth-order valence-corrected chi connectivity index (χ4v) is 3.52. The lowest BCUT2D eigenvalue weighted by Crippen LogP contribution is -2.18. The Morgan fingerprint density at radius 3 is 2.69 bits per heavy atom. The maximum atomic E-state index is 6.18. The van der Waals surface area contributed by atoms with E-state index in [9.17, 15) is 0 Å². The third-order valence-corrected chi connectivity index (χ3v) is 5.01. The minimum atomic E-state index is 0.558. The number of nitrogens with zero attached hydrogens (tertiary/aromatic N) is 5. The van der Waals surface area contributed by atoms with Crippen LogP contribution in [0, 0.1) is 0 Å². The normalized spacial score (nSPS) is 11.8. The van der Waals surface area contributed by atoms with Crippen LogP contribution >= 0.6 is 0 Å². The van der Waals surface area contributed by atoms with Crippen molar-refractivity contribution in [1.82, 2.24) is 24.9 Å². The molecule has 2 aromatic carbocycles. The lowest BCUT2D eigenvalue weighted by Gasteiger charge is -2.09. The monoisotopic (exact) mass is 386 g/mol. The van der Waals surface area contributed by atoms with Gasteiger partial charge in [0.25, 0.3) is 0 Å². The number of para-hydroxylation sites is 2. The molecule has 0 unspecified atom stereocenters. The zero-order chi connectivity index (χ0) is 19.8. The molecule has 0 aliphatic carbocycles. The first kappa shape index (κ1) is 17.6. The van der Waals surface area contributed by atoms with Gasteiger partial charge in [0, 0.05) is 17.3 Å². The Morgan fingerprint density at radius 2 is 1.83 bits per heavy atom. The van der Waals surface area contributed by atoms with Gasteiger partial charge in [-0.25, -0.2) is 4.98 Å². The molecule has 3 heterocycles. The van der Waals surface area contributed by atoms with Crippen LogP contribution in [0.2, 0.25) is 0 Å². The lowest BCUT2D eigenvalue weighted by atomic mass is 10.1. The molecule has 3 aromatic heterocycles. The number of rotatable bonds is 6. The van der Waals surface area contributed by atoms with Crippen molar-refractivity contribution in [3.63, 3.8) is 0 Å². The largest absolute Gasteiger partial charge is 0.452 e. The summed E-state index contributed by atoms with van der Waals surface area (Å²) in [5, 5.41) is 14.1. The Balaban J connectivity index is 1.53. The third-order valence-electron chi connectivity index (χ3n) is 5.01. The fourth-order valence-electron chi connectivity index (χ4n) is 3.52. The van der Waals surface area contributed by atoms with Crippen LogP contribution in [0.1, 0.15) is 5.69 Å². The molecule has 1 N–H and O–H groups in total. The van der Waals surface area contributed by atoms with Crippen LogP contribution in [-0.2, 0) is 13.1 Å². The van der Waals surface area contributed by atoms with E-state index in [0.717, 1.165) is 57.4 Å². The summed E-state index contributed by atoms with van der Waals surface area (Å²) in [5.41, 5.74) is 5.23. The van der Waals surface area contributed by atoms with E-state index in [2.05, 4.69) is 26.6 Å². The predicted molar refractivity (Wildman–Crippen MR) is 115 cm³/mol.